The van der Waals surface area contributed by atoms with E-state index in [0.29, 0.717) is 12.4 Å². The van der Waals surface area contributed by atoms with Crippen molar-refractivity contribution in [1.82, 2.24) is 9.97 Å². The third-order valence-electron chi connectivity index (χ3n) is 2.55. The maximum Gasteiger partial charge on any atom is 0.269 e. The minimum atomic E-state index is -0.425. The zero-order valence-corrected chi connectivity index (χ0v) is 10.9. The van der Waals surface area contributed by atoms with Crippen molar-refractivity contribution in [3.05, 3.63) is 57.0 Å². The van der Waals surface area contributed by atoms with Crippen LogP contribution in [0.25, 0.3) is 0 Å². The van der Waals surface area contributed by atoms with Crippen molar-refractivity contribution < 1.29 is 4.92 Å². The molecule has 1 aromatic heterocycles. The fourth-order valence-electron chi connectivity index (χ4n) is 1.52. The van der Waals surface area contributed by atoms with E-state index in [-0.39, 0.29) is 11.0 Å². The Labute approximate surface area is 114 Å². The Balaban J connectivity index is 2.06. The molecule has 0 radical (unpaired) electrons. The Bertz CT molecular complexity index is 601. The second-order valence-corrected chi connectivity index (χ2v) is 4.29. The number of hydrogen-bond donors (Lipinski definition) is 1. The third kappa shape index (κ3) is 3.38. The number of aromatic nitrogens is 2. The van der Waals surface area contributed by atoms with Gasteiger partial charge in [-0.05, 0) is 24.1 Å². The summed E-state index contributed by atoms with van der Waals surface area (Å²) in [6, 6.07) is 6.33. The van der Waals surface area contributed by atoms with Gasteiger partial charge in [0.2, 0.25) is 5.28 Å². The van der Waals surface area contributed by atoms with Crippen molar-refractivity contribution in [3.8, 4) is 0 Å². The highest BCUT2D eigenvalue weighted by Crippen LogP contribution is 2.16. The fraction of sp³-hybridized carbons (Fsp3) is 0.167. The molecule has 0 fully saturated rings. The van der Waals surface area contributed by atoms with Crippen LogP contribution in [-0.4, -0.2) is 14.9 Å². The Kier molecular flexibility index (Phi) is 3.91. The number of nitrogens with one attached hydrogen (secondary N) is 1. The maximum absolute atomic E-state index is 10.5. The van der Waals surface area contributed by atoms with Crippen molar-refractivity contribution in [2.24, 2.45) is 0 Å². The summed E-state index contributed by atoms with van der Waals surface area (Å²) >= 11 is 5.72. The normalized spacial score (nSPS) is 10.2. The predicted octanol–water partition coefficient (Wildman–Crippen LogP) is 2.96. The Morgan fingerprint density at radius 1 is 1.37 bits per heavy atom. The van der Waals surface area contributed by atoms with Crippen LogP contribution >= 0.6 is 11.6 Å². The van der Waals surface area contributed by atoms with Crippen molar-refractivity contribution in [2.45, 2.75) is 13.5 Å². The molecule has 2 aromatic rings. The smallest absolute Gasteiger partial charge is 0.269 e. The lowest BCUT2D eigenvalue weighted by molar-refractivity contribution is -0.384. The van der Waals surface area contributed by atoms with Crippen LogP contribution in [0.2, 0.25) is 5.28 Å². The van der Waals surface area contributed by atoms with Gasteiger partial charge in [0.1, 0.15) is 5.82 Å². The number of nitrogens with zero attached hydrogens (tertiary/aromatic N) is 3. The summed E-state index contributed by atoms with van der Waals surface area (Å²) < 4.78 is 0. The average molecular weight is 279 g/mol. The molecule has 0 unspecified atom stereocenters. The summed E-state index contributed by atoms with van der Waals surface area (Å²) in [6.45, 7) is 2.38. The van der Waals surface area contributed by atoms with Crippen molar-refractivity contribution in [1.29, 1.82) is 0 Å². The van der Waals surface area contributed by atoms with E-state index in [9.17, 15) is 10.1 Å². The lowest BCUT2D eigenvalue weighted by Crippen LogP contribution is -2.04. The van der Waals surface area contributed by atoms with Crippen LogP contribution in [-0.2, 0) is 6.54 Å². The van der Waals surface area contributed by atoms with Gasteiger partial charge in [-0.3, -0.25) is 10.1 Å². The summed E-state index contributed by atoms with van der Waals surface area (Å²) in [5.74, 6) is 0.651. The van der Waals surface area contributed by atoms with Gasteiger partial charge < -0.3 is 5.32 Å². The van der Waals surface area contributed by atoms with Crippen molar-refractivity contribution in [2.75, 3.05) is 5.32 Å². The molecular weight excluding hydrogens is 268 g/mol. The number of nitro groups is 1. The highest BCUT2D eigenvalue weighted by molar-refractivity contribution is 6.28. The SMILES string of the molecule is Cc1cnc(Cl)nc1NCc1ccc([N+](=O)[O-])cc1. The second-order valence-electron chi connectivity index (χ2n) is 3.95. The van der Waals surface area contributed by atoms with E-state index in [0.717, 1.165) is 11.1 Å². The minimum Gasteiger partial charge on any atom is -0.366 e. The standard InChI is InChI=1S/C12H11ClN4O2/c1-8-6-15-12(13)16-11(8)14-7-9-2-4-10(5-3-9)17(18)19/h2-6H,7H2,1H3,(H,14,15,16). The molecule has 0 aliphatic carbocycles. The monoisotopic (exact) mass is 278 g/mol. The fourth-order valence-corrected chi connectivity index (χ4v) is 1.65. The van der Waals surface area contributed by atoms with Crippen molar-refractivity contribution >= 4 is 23.1 Å². The van der Waals surface area contributed by atoms with Gasteiger partial charge in [0.25, 0.3) is 5.69 Å². The third-order valence-corrected chi connectivity index (χ3v) is 2.73. The van der Waals surface area contributed by atoms with Crippen LogP contribution in [0.3, 0.4) is 0 Å². The van der Waals surface area contributed by atoms with Gasteiger partial charge in [0.05, 0.1) is 4.92 Å². The molecule has 1 N–H and O–H groups in total. The minimum absolute atomic E-state index is 0.0741. The molecule has 98 valence electrons. The van der Waals surface area contributed by atoms with Crippen LogP contribution < -0.4 is 5.32 Å². The van der Waals surface area contributed by atoms with E-state index in [1.54, 1.807) is 18.3 Å². The first kappa shape index (κ1) is 13.2. The number of nitro benzene ring substituents is 1. The Morgan fingerprint density at radius 3 is 2.68 bits per heavy atom. The zero-order valence-electron chi connectivity index (χ0n) is 10.1. The highest BCUT2D eigenvalue weighted by atomic mass is 35.5. The van der Waals surface area contributed by atoms with Crippen LogP contribution in [0, 0.1) is 17.0 Å². The number of benzene rings is 1. The Hall–Kier alpha value is -2.21. The molecule has 0 amide bonds. The quantitative estimate of drug-likeness (QED) is 0.528. The van der Waals surface area contributed by atoms with Gasteiger partial charge >= 0.3 is 0 Å². The van der Waals surface area contributed by atoms with Gasteiger partial charge in [-0.15, -0.1) is 0 Å². The van der Waals surface area contributed by atoms with Gasteiger partial charge in [0.15, 0.2) is 0 Å². The van der Waals surface area contributed by atoms with E-state index in [1.807, 2.05) is 6.92 Å². The van der Waals surface area contributed by atoms with Crippen LogP contribution in [0.1, 0.15) is 11.1 Å². The van der Waals surface area contributed by atoms with E-state index in [2.05, 4.69) is 15.3 Å². The molecule has 0 saturated carbocycles. The Morgan fingerprint density at radius 2 is 2.05 bits per heavy atom. The summed E-state index contributed by atoms with van der Waals surface area (Å²) in [5, 5.41) is 13.8. The molecule has 0 bridgehead atoms. The van der Waals surface area contributed by atoms with Crippen LogP contribution in [0.4, 0.5) is 11.5 Å². The molecule has 0 aliphatic rings. The van der Waals surface area contributed by atoms with Gasteiger partial charge in [-0.25, -0.2) is 9.97 Å². The molecule has 0 spiro atoms. The molecule has 0 aliphatic heterocycles. The average Bonchev–Trinajstić information content (AvgIpc) is 2.40. The summed E-state index contributed by atoms with van der Waals surface area (Å²) in [4.78, 5) is 18.0. The number of anilines is 1. The zero-order chi connectivity index (χ0) is 13.8. The molecule has 0 saturated heterocycles. The largest absolute Gasteiger partial charge is 0.366 e. The topological polar surface area (TPSA) is 81.0 Å². The van der Waals surface area contributed by atoms with E-state index in [4.69, 9.17) is 11.6 Å². The molecule has 19 heavy (non-hydrogen) atoms. The highest BCUT2D eigenvalue weighted by Gasteiger charge is 2.05. The van der Waals surface area contributed by atoms with Crippen molar-refractivity contribution in [3.63, 3.8) is 0 Å². The predicted molar refractivity (Wildman–Crippen MR) is 72.2 cm³/mol. The second kappa shape index (κ2) is 5.62. The number of rotatable bonds is 4. The van der Waals surface area contributed by atoms with Crippen LogP contribution in [0.15, 0.2) is 30.5 Å². The molecule has 2 rings (SSSR count). The first-order chi connectivity index (χ1) is 9.06. The van der Waals surface area contributed by atoms with Gasteiger partial charge in [0, 0.05) is 30.4 Å². The molecule has 1 heterocycles. The molecule has 7 heteroatoms. The van der Waals surface area contributed by atoms with Gasteiger partial charge in [-0.2, -0.15) is 0 Å². The lowest BCUT2D eigenvalue weighted by atomic mass is 10.2. The maximum atomic E-state index is 10.5. The van der Waals surface area contributed by atoms with E-state index < -0.39 is 4.92 Å². The number of aryl methyl sites for hydroxylation is 1. The van der Waals surface area contributed by atoms with Gasteiger partial charge in [-0.1, -0.05) is 12.1 Å². The first-order valence-electron chi connectivity index (χ1n) is 5.52. The molecule has 0 atom stereocenters. The van der Waals surface area contributed by atoms with E-state index >= 15 is 0 Å². The lowest BCUT2D eigenvalue weighted by Gasteiger charge is -2.08. The van der Waals surface area contributed by atoms with E-state index in [1.165, 1.54) is 12.1 Å². The summed E-state index contributed by atoms with van der Waals surface area (Å²) in [7, 11) is 0. The number of hydrogen-bond acceptors (Lipinski definition) is 5. The molecular formula is C12H11ClN4O2. The first-order valence-corrected chi connectivity index (χ1v) is 5.90. The molecule has 1 aromatic carbocycles. The van der Waals surface area contributed by atoms with Crippen LogP contribution in [0.5, 0.6) is 0 Å². The number of halogens is 1. The summed E-state index contributed by atoms with van der Waals surface area (Å²) in [6.07, 6.45) is 1.63. The summed E-state index contributed by atoms with van der Waals surface area (Å²) in [5.41, 5.74) is 1.87. The number of non-ortho nitro benzene ring substituents is 1. The molecule has 6 nitrogen and oxygen atoms in total.